The third kappa shape index (κ3) is 3.20. The minimum Gasteiger partial charge on any atom is -0.484 e. The van der Waals surface area contributed by atoms with E-state index in [4.69, 9.17) is 9.84 Å². The van der Waals surface area contributed by atoms with E-state index in [9.17, 15) is 4.79 Å². The molecule has 1 heterocycles. The second kappa shape index (κ2) is 5.68. The van der Waals surface area contributed by atoms with Gasteiger partial charge in [0.15, 0.2) is 6.61 Å². The molecule has 1 N–H and O–H groups in total. The summed E-state index contributed by atoms with van der Waals surface area (Å²) in [7, 11) is 0. The zero-order valence-corrected chi connectivity index (χ0v) is 9.71. The van der Waals surface area contributed by atoms with Gasteiger partial charge in [-0.15, -0.1) is 0 Å². The van der Waals surface area contributed by atoms with Crippen molar-refractivity contribution in [3.63, 3.8) is 0 Å². The average molecular weight is 235 g/mol. The van der Waals surface area contributed by atoms with Crippen LogP contribution in [0.3, 0.4) is 0 Å². The molecule has 1 amide bonds. The smallest absolute Gasteiger partial charge is 0.260 e. The standard InChI is InChI=1S/C13H17NO3/c15-9-11-6-7-14(8-11)13(16)10-17-12-4-2-1-3-5-12/h1-5,11,15H,6-10H2/t11-/m1/s1. The molecule has 0 radical (unpaired) electrons. The van der Waals surface area contributed by atoms with Crippen molar-refractivity contribution in [2.45, 2.75) is 6.42 Å². The van der Waals surface area contributed by atoms with E-state index in [1.807, 2.05) is 30.3 Å². The van der Waals surface area contributed by atoms with Crippen molar-refractivity contribution in [2.75, 3.05) is 26.3 Å². The fraction of sp³-hybridized carbons (Fsp3) is 0.462. The summed E-state index contributed by atoms with van der Waals surface area (Å²) in [5.74, 6) is 0.930. The molecule has 1 saturated heterocycles. The zero-order valence-electron chi connectivity index (χ0n) is 9.71. The molecule has 2 rings (SSSR count). The Labute approximate surface area is 101 Å². The summed E-state index contributed by atoms with van der Waals surface area (Å²) in [5, 5.41) is 9.00. The molecule has 0 bridgehead atoms. The summed E-state index contributed by atoms with van der Waals surface area (Å²) in [5.41, 5.74) is 0. The number of amides is 1. The fourth-order valence-electron chi connectivity index (χ4n) is 1.96. The molecule has 17 heavy (non-hydrogen) atoms. The number of ether oxygens (including phenoxy) is 1. The van der Waals surface area contributed by atoms with Gasteiger partial charge in [0.1, 0.15) is 5.75 Å². The van der Waals surface area contributed by atoms with Gasteiger partial charge in [-0.3, -0.25) is 4.79 Å². The van der Waals surface area contributed by atoms with Crippen molar-refractivity contribution >= 4 is 5.91 Å². The highest BCUT2D eigenvalue weighted by molar-refractivity contribution is 5.78. The Bertz CT molecular complexity index is 366. The van der Waals surface area contributed by atoms with E-state index in [-0.39, 0.29) is 25.0 Å². The van der Waals surface area contributed by atoms with Crippen molar-refractivity contribution in [1.29, 1.82) is 0 Å². The topological polar surface area (TPSA) is 49.8 Å². The Hall–Kier alpha value is -1.55. The van der Waals surface area contributed by atoms with Gasteiger partial charge in [-0.2, -0.15) is 0 Å². The Morgan fingerprint density at radius 2 is 2.18 bits per heavy atom. The van der Waals surface area contributed by atoms with Gasteiger partial charge < -0.3 is 14.7 Å². The maximum Gasteiger partial charge on any atom is 0.260 e. The van der Waals surface area contributed by atoms with Gasteiger partial charge in [0.2, 0.25) is 0 Å². The van der Waals surface area contributed by atoms with E-state index >= 15 is 0 Å². The van der Waals surface area contributed by atoms with E-state index in [0.29, 0.717) is 12.3 Å². The molecule has 0 aliphatic carbocycles. The largest absolute Gasteiger partial charge is 0.484 e. The number of nitrogens with zero attached hydrogens (tertiary/aromatic N) is 1. The van der Waals surface area contributed by atoms with Crippen LogP contribution in [0.25, 0.3) is 0 Å². The number of carbonyl (C=O) groups is 1. The number of aliphatic hydroxyl groups is 1. The van der Waals surface area contributed by atoms with E-state index < -0.39 is 0 Å². The van der Waals surface area contributed by atoms with Crippen LogP contribution in [0, 0.1) is 5.92 Å². The molecule has 1 aromatic rings. The first kappa shape index (κ1) is 11.9. The minimum atomic E-state index is -0.00944. The van der Waals surface area contributed by atoms with Crippen LogP contribution in [0.2, 0.25) is 0 Å². The molecule has 1 fully saturated rings. The van der Waals surface area contributed by atoms with Crippen LogP contribution in [-0.4, -0.2) is 42.2 Å². The van der Waals surface area contributed by atoms with Crippen LogP contribution < -0.4 is 4.74 Å². The molecule has 0 spiro atoms. The first-order chi connectivity index (χ1) is 8.29. The molecular weight excluding hydrogens is 218 g/mol. The number of benzene rings is 1. The van der Waals surface area contributed by atoms with Crippen molar-refractivity contribution in [2.24, 2.45) is 5.92 Å². The predicted molar refractivity (Wildman–Crippen MR) is 63.7 cm³/mol. The summed E-state index contributed by atoms with van der Waals surface area (Å²) >= 11 is 0. The summed E-state index contributed by atoms with van der Waals surface area (Å²) in [4.78, 5) is 13.6. The maximum atomic E-state index is 11.8. The number of aliphatic hydroxyl groups excluding tert-OH is 1. The van der Waals surface area contributed by atoms with Crippen LogP contribution in [0.15, 0.2) is 30.3 Å². The van der Waals surface area contributed by atoms with Gasteiger partial charge in [0, 0.05) is 25.6 Å². The SMILES string of the molecule is O=C(COc1ccccc1)N1CC[C@@H](CO)C1. The Morgan fingerprint density at radius 1 is 1.41 bits per heavy atom. The Kier molecular flexibility index (Phi) is 3.98. The highest BCUT2D eigenvalue weighted by atomic mass is 16.5. The number of para-hydroxylation sites is 1. The normalized spacial score (nSPS) is 19.4. The van der Waals surface area contributed by atoms with Crippen LogP contribution in [0.1, 0.15) is 6.42 Å². The van der Waals surface area contributed by atoms with Crippen molar-refractivity contribution < 1.29 is 14.6 Å². The van der Waals surface area contributed by atoms with E-state index in [1.165, 1.54) is 0 Å². The highest BCUT2D eigenvalue weighted by Gasteiger charge is 2.25. The quantitative estimate of drug-likeness (QED) is 0.843. The van der Waals surface area contributed by atoms with Crippen LogP contribution >= 0.6 is 0 Å². The molecule has 92 valence electrons. The maximum absolute atomic E-state index is 11.8. The highest BCUT2D eigenvalue weighted by Crippen LogP contribution is 2.16. The third-order valence-corrected chi connectivity index (χ3v) is 3.00. The lowest BCUT2D eigenvalue weighted by Crippen LogP contribution is -2.33. The van der Waals surface area contributed by atoms with Gasteiger partial charge in [0.05, 0.1) is 0 Å². The number of likely N-dealkylation sites (tertiary alicyclic amines) is 1. The minimum absolute atomic E-state index is 0.00944. The van der Waals surface area contributed by atoms with Crippen LogP contribution in [-0.2, 0) is 4.79 Å². The number of hydrogen-bond donors (Lipinski definition) is 1. The van der Waals surface area contributed by atoms with E-state index in [1.54, 1.807) is 4.90 Å². The molecule has 4 heteroatoms. The second-order valence-corrected chi connectivity index (χ2v) is 4.28. The Morgan fingerprint density at radius 3 is 2.82 bits per heavy atom. The molecule has 0 aromatic heterocycles. The lowest BCUT2D eigenvalue weighted by atomic mass is 10.1. The fourth-order valence-corrected chi connectivity index (χ4v) is 1.96. The van der Waals surface area contributed by atoms with E-state index in [2.05, 4.69) is 0 Å². The molecule has 1 aliphatic rings. The third-order valence-electron chi connectivity index (χ3n) is 3.00. The first-order valence-electron chi connectivity index (χ1n) is 5.86. The summed E-state index contributed by atoms with van der Waals surface area (Å²) in [6.45, 7) is 1.60. The molecule has 0 unspecified atom stereocenters. The van der Waals surface area contributed by atoms with Gasteiger partial charge in [-0.1, -0.05) is 18.2 Å². The lowest BCUT2D eigenvalue weighted by Gasteiger charge is -2.16. The summed E-state index contributed by atoms with van der Waals surface area (Å²) in [6, 6.07) is 9.30. The van der Waals surface area contributed by atoms with Crippen molar-refractivity contribution in [1.82, 2.24) is 4.90 Å². The van der Waals surface area contributed by atoms with Gasteiger partial charge in [-0.25, -0.2) is 0 Å². The van der Waals surface area contributed by atoms with E-state index in [0.717, 1.165) is 13.0 Å². The number of hydrogen-bond acceptors (Lipinski definition) is 3. The average Bonchev–Trinajstić information content (AvgIpc) is 2.86. The van der Waals surface area contributed by atoms with Gasteiger partial charge in [0.25, 0.3) is 5.91 Å². The number of carbonyl (C=O) groups excluding carboxylic acids is 1. The van der Waals surface area contributed by atoms with Crippen molar-refractivity contribution in [3.05, 3.63) is 30.3 Å². The van der Waals surface area contributed by atoms with Crippen molar-refractivity contribution in [3.8, 4) is 5.75 Å². The zero-order chi connectivity index (χ0) is 12.1. The molecule has 1 aromatic carbocycles. The monoisotopic (exact) mass is 235 g/mol. The molecule has 1 atom stereocenters. The molecule has 0 saturated carbocycles. The molecule has 4 nitrogen and oxygen atoms in total. The molecule has 1 aliphatic heterocycles. The molecular formula is C13H17NO3. The lowest BCUT2D eigenvalue weighted by molar-refractivity contribution is -0.132. The first-order valence-corrected chi connectivity index (χ1v) is 5.86. The summed E-state index contributed by atoms with van der Waals surface area (Å²) < 4.78 is 5.40. The number of rotatable bonds is 4. The van der Waals surface area contributed by atoms with Gasteiger partial charge >= 0.3 is 0 Å². The van der Waals surface area contributed by atoms with Crippen LogP contribution in [0.5, 0.6) is 5.75 Å². The van der Waals surface area contributed by atoms with Gasteiger partial charge in [-0.05, 0) is 18.6 Å². The predicted octanol–water partition coefficient (Wildman–Crippen LogP) is 0.906. The Balaban J connectivity index is 1.78. The second-order valence-electron chi connectivity index (χ2n) is 4.28. The van der Waals surface area contributed by atoms with Crippen LogP contribution in [0.4, 0.5) is 0 Å². The summed E-state index contributed by atoms with van der Waals surface area (Å²) in [6.07, 6.45) is 0.883.